The lowest BCUT2D eigenvalue weighted by molar-refractivity contribution is 0.108. The summed E-state index contributed by atoms with van der Waals surface area (Å²) in [7, 11) is 0. The van der Waals surface area contributed by atoms with Gasteiger partial charge in [-0.2, -0.15) is 0 Å². The Labute approximate surface area is 88.3 Å². The number of hydrogen-bond donors (Lipinski definition) is 2. The fraction of sp³-hybridized carbons (Fsp3) is 1.00. The standard InChI is InChI=1S/C12H26O2/c1-4-10(7-8-13)11(5-2)9-12(14)6-3/h10-14H,4-9H2,1-3H3. The average molecular weight is 202 g/mol. The molecule has 0 heterocycles. The number of aliphatic hydroxyl groups is 2. The van der Waals surface area contributed by atoms with Crippen LogP contribution in [0.1, 0.15) is 52.9 Å². The van der Waals surface area contributed by atoms with Crippen molar-refractivity contribution in [3.05, 3.63) is 0 Å². The van der Waals surface area contributed by atoms with E-state index < -0.39 is 0 Å². The molecule has 0 radical (unpaired) electrons. The molecule has 0 aromatic heterocycles. The number of hydrogen-bond acceptors (Lipinski definition) is 2. The van der Waals surface area contributed by atoms with E-state index in [1.165, 1.54) is 0 Å². The van der Waals surface area contributed by atoms with Gasteiger partial charge < -0.3 is 10.2 Å². The molecule has 2 nitrogen and oxygen atoms in total. The largest absolute Gasteiger partial charge is 0.396 e. The Morgan fingerprint density at radius 1 is 0.929 bits per heavy atom. The van der Waals surface area contributed by atoms with Gasteiger partial charge in [-0.25, -0.2) is 0 Å². The SMILES string of the molecule is CCC(O)CC(CC)C(CC)CCO. The van der Waals surface area contributed by atoms with Gasteiger partial charge in [0.15, 0.2) is 0 Å². The van der Waals surface area contributed by atoms with Gasteiger partial charge in [-0.3, -0.25) is 0 Å². The number of aliphatic hydroxyl groups excluding tert-OH is 2. The molecule has 0 aromatic rings. The van der Waals surface area contributed by atoms with Crippen molar-refractivity contribution in [1.82, 2.24) is 0 Å². The first-order valence-electron chi connectivity index (χ1n) is 5.98. The Morgan fingerprint density at radius 2 is 1.50 bits per heavy atom. The van der Waals surface area contributed by atoms with E-state index in [-0.39, 0.29) is 12.7 Å². The molecule has 0 rings (SSSR count). The first-order valence-corrected chi connectivity index (χ1v) is 5.98. The van der Waals surface area contributed by atoms with Crippen molar-refractivity contribution in [2.75, 3.05) is 6.61 Å². The second kappa shape index (κ2) is 8.25. The van der Waals surface area contributed by atoms with Crippen molar-refractivity contribution in [3.63, 3.8) is 0 Å². The zero-order valence-electron chi connectivity index (χ0n) is 9.87. The summed E-state index contributed by atoms with van der Waals surface area (Å²) in [5, 5.41) is 18.6. The van der Waals surface area contributed by atoms with Gasteiger partial charge in [-0.05, 0) is 31.1 Å². The molecule has 0 spiro atoms. The molecule has 0 amide bonds. The molecule has 0 aromatic carbocycles. The van der Waals surface area contributed by atoms with Crippen LogP contribution in [0.3, 0.4) is 0 Å². The van der Waals surface area contributed by atoms with Gasteiger partial charge in [-0.15, -0.1) is 0 Å². The van der Waals surface area contributed by atoms with Crippen molar-refractivity contribution in [3.8, 4) is 0 Å². The fourth-order valence-electron chi connectivity index (χ4n) is 2.15. The van der Waals surface area contributed by atoms with E-state index in [9.17, 15) is 5.11 Å². The van der Waals surface area contributed by atoms with Crippen molar-refractivity contribution < 1.29 is 10.2 Å². The average Bonchev–Trinajstić information content (AvgIpc) is 2.22. The normalized spacial score (nSPS) is 17.8. The molecule has 3 unspecified atom stereocenters. The monoisotopic (exact) mass is 202 g/mol. The summed E-state index contributed by atoms with van der Waals surface area (Å²) < 4.78 is 0. The van der Waals surface area contributed by atoms with Crippen LogP contribution in [0, 0.1) is 11.8 Å². The van der Waals surface area contributed by atoms with Gasteiger partial charge >= 0.3 is 0 Å². The third-order valence-corrected chi connectivity index (χ3v) is 3.26. The second-order valence-electron chi connectivity index (χ2n) is 4.15. The Balaban J connectivity index is 4.06. The summed E-state index contributed by atoms with van der Waals surface area (Å²) in [4.78, 5) is 0. The predicted octanol–water partition coefficient (Wildman–Crippen LogP) is 2.58. The first kappa shape index (κ1) is 13.9. The third-order valence-electron chi connectivity index (χ3n) is 3.26. The van der Waals surface area contributed by atoms with Crippen molar-refractivity contribution >= 4 is 0 Å². The smallest absolute Gasteiger partial charge is 0.0540 e. The molecule has 0 aliphatic rings. The van der Waals surface area contributed by atoms with Crippen LogP contribution in [0.4, 0.5) is 0 Å². The van der Waals surface area contributed by atoms with Crippen LogP contribution in [0.5, 0.6) is 0 Å². The molecule has 0 fully saturated rings. The van der Waals surface area contributed by atoms with Crippen molar-refractivity contribution in [2.45, 2.75) is 59.0 Å². The van der Waals surface area contributed by atoms with E-state index in [4.69, 9.17) is 5.11 Å². The maximum atomic E-state index is 9.61. The third kappa shape index (κ3) is 4.97. The summed E-state index contributed by atoms with van der Waals surface area (Å²) in [6.07, 6.45) is 4.67. The van der Waals surface area contributed by atoms with Crippen LogP contribution in [-0.4, -0.2) is 22.9 Å². The summed E-state index contributed by atoms with van der Waals surface area (Å²) in [6, 6.07) is 0. The predicted molar refractivity (Wildman–Crippen MR) is 60.2 cm³/mol. The van der Waals surface area contributed by atoms with E-state index in [0.29, 0.717) is 11.8 Å². The van der Waals surface area contributed by atoms with Crippen LogP contribution in [-0.2, 0) is 0 Å². The maximum Gasteiger partial charge on any atom is 0.0540 e. The molecule has 0 aliphatic carbocycles. The topological polar surface area (TPSA) is 40.5 Å². The molecule has 2 heteroatoms. The minimum absolute atomic E-state index is 0.160. The van der Waals surface area contributed by atoms with Crippen LogP contribution < -0.4 is 0 Å². The quantitative estimate of drug-likeness (QED) is 0.635. The Kier molecular flexibility index (Phi) is 8.20. The molecule has 2 N–H and O–H groups in total. The van der Waals surface area contributed by atoms with E-state index in [1.807, 2.05) is 6.92 Å². The van der Waals surface area contributed by atoms with Gasteiger partial charge in [0.05, 0.1) is 6.10 Å². The highest BCUT2D eigenvalue weighted by Gasteiger charge is 2.20. The molecule has 0 bridgehead atoms. The lowest BCUT2D eigenvalue weighted by Gasteiger charge is -2.26. The summed E-state index contributed by atoms with van der Waals surface area (Å²) in [5.74, 6) is 1.15. The molecule has 0 saturated heterocycles. The highest BCUT2D eigenvalue weighted by atomic mass is 16.3. The second-order valence-corrected chi connectivity index (χ2v) is 4.15. The van der Waals surface area contributed by atoms with Gasteiger partial charge in [-0.1, -0.05) is 33.6 Å². The van der Waals surface area contributed by atoms with Crippen LogP contribution in [0.15, 0.2) is 0 Å². The molecule has 3 atom stereocenters. The van der Waals surface area contributed by atoms with Gasteiger partial charge in [0.2, 0.25) is 0 Å². The van der Waals surface area contributed by atoms with Crippen LogP contribution in [0.2, 0.25) is 0 Å². The van der Waals surface area contributed by atoms with E-state index in [2.05, 4.69) is 13.8 Å². The number of rotatable bonds is 8. The van der Waals surface area contributed by atoms with Gasteiger partial charge in [0, 0.05) is 6.61 Å². The fourth-order valence-corrected chi connectivity index (χ4v) is 2.15. The summed E-state index contributed by atoms with van der Waals surface area (Å²) >= 11 is 0. The summed E-state index contributed by atoms with van der Waals surface area (Å²) in [5.41, 5.74) is 0. The summed E-state index contributed by atoms with van der Waals surface area (Å²) in [6.45, 7) is 6.63. The maximum absolute atomic E-state index is 9.61. The molecular weight excluding hydrogens is 176 g/mol. The van der Waals surface area contributed by atoms with E-state index >= 15 is 0 Å². The molecule has 0 saturated carbocycles. The van der Waals surface area contributed by atoms with E-state index in [1.54, 1.807) is 0 Å². The van der Waals surface area contributed by atoms with Gasteiger partial charge in [0.1, 0.15) is 0 Å². The lowest BCUT2D eigenvalue weighted by Crippen LogP contribution is -2.20. The van der Waals surface area contributed by atoms with Crippen LogP contribution >= 0.6 is 0 Å². The molecule has 14 heavy (non-hydrogen) atoms. The Hall–Kier alpha value is -0.0800. The minimum Gasteiger partial charge on any atom is -0.396 e. The minimum atomic E-state index is -0.160. The lowest BCUT2D eigenvalue weighted by atomic mass is 9.81. The highest BCUT2D eigenvalue weighted by molar-refractivity contribution is 4.71. The van der Waals surface area contributed by atoms with E-state index in [0.717, 1.165) is 32.1 Å². The Bertz CT molecular complexity index is 125. The van der Waals surface area contributed by atoms with Gasteiger partial charge in [0.25, 0.3) is 0 Å². The first-order chi connectivity index (χ1) is 6.69. The van der Waals surface area contributed by atoms with Crippen molar-refractivity contribution in [2.24, 2.45) is 11.8 Å². The molecule has 86 valence electrons. The van der Waals surface area contributed by atoms with Crippen molar-refractivity contribution in [1.29, 1.82) is 0 Å². The molecule has 0 aliphatic heterocycles. The molecular formula is C12H26O2. The zero-order valence-corrected chi connectivity index (χ0v) is 9.87. The zero-order chi connectivity index (χ0) is 11.0. The van der Waals surface area contributed by atoms with Crippen LogP contribution in [0.25, 0.3) is 0 Å². The Morgan fingerprint density at radius 3 is 1.86 bits per heavy atom. The highest BCUT2D eigenvalue weighted by Crippen LogP contribution is 2.27.